The minimum absolute atomic E-state index is 0.100. The van der Waals surface area contributed by atoms with Gasteiger partial charge in [0, 0.05) is 6.54 Å². The molecule has 114 valence electrons. The van der Waals surface area contributed by atoms with Crippen LogP contribution in [-0.4, -0.2) is 27.2 Å². The highest BCUT2D eigenvalue weighted by molar-refractivity contribution is 7.89. The maximum atomic E-state index is 12.3. The van der Waals surface area contributed by atoms with Crippen LogP contribution in [0.2, 0.25) is 0 Å². The molecular formula is C14H23NO4S. The summed E-state index contributed by atoms with van der Waals surface area (Å²) in [6.45, 7) is 4.34. The standard InChI is InChI=1S/C14H23NO4S/c1-4-11(5-2)9-15-20(17,18)14-7-6-12(10-16)8-13(14)19-3/h6-8,11,15-16H,4-5,9-10H2,1-3H3. The molecule has 5 nitrogen and oxygen atoms in total. The Morgan fingerprint density at radius 2 is 1.95 bits per heavy atom. The molecule has 2 N–H and O–H groups in total. The molecule has 0 saturated carbocycles. The minimum Gasteiger partial charge on any atom is -0.495 e. The molecule has 0 amide bonds. The first kappa shape index (κ1) is 16.9. The molecule has 1 aromatic carbocycles. The molecule has 0 aromatic heterocycles. The average Bonchev–Trinajstić information content (AvgIpc) is 2.47. The van der Waals surface area contributed by atoms with Crippen LogP contribution in [0.25, 0.3) is 0 Å². The van der Waals surface area contributed by atoms with Gasteiger partial charge in [-0.1, -0.05) is 32.8 Å². The highest BCUT2D eigenvalue weighted by Gasteiger charge is 2.20. The zero-order chi connectivity index (χ0) is 15.2. The van der Waals surface area contributed by atoms with Gasteiger partial charge < -0.3 is 9.84 Å². The van der Waals surface area contributed by atoms with Crippen molar-refractivity contribution in [3.05, 3.63) is 23.8 Å². The first-order valence-corrected chi connectivity index (χ1v) is 8.24. The third-order valence-corrected chi connectivity index (χ3v) is 4.88. The molecule has 0 heterocycles. The maximum absolute atomic E-state index is 12.3. The molecule has 1 rings (SSSR count). The van der Waals surface area contributed by atoms with Crippen LogP contribution in [0.1, 0.15) is 32.3 Å². The van der Waals surface area contributed by atoms with Gasteiger partial charge in [-0.05, 0) is 23.6 Å². The van der Waals surface area contributed by atoms with E-state index in [1.165, 1.54) is 19.2 Å². The summed E-state index contributed by atoms with van der Waals surface area (Å²) in [5.74, 6) is 0.570. The maximum Gasteiger partial charge on any atom is 0.244 e. The molecule has 6 heteroatoms. The summed E-state index contributed by atoms with van der Waals surface area (Å²) < 4.78 is 32.3. The van der Waals surface area contributed by atoms with Crippen LogP contribution in [0.4, 0.5) is 0 Å². The fourth-order valence-corrected chi connectivity index (χ4v) is 3.18. The van der Waals surface area contributed by atoms with E-state index in [0.29, 0.717) is 18.0 Å². The Morgan fingerprint density at radius 3 is 2.45 bits per heavy atom. The molecule has 0 bridgehead atoms. The first-order valence-electron chi connectivity index (χ1n) is 6.75. The Hall–Kier alpha value is -1.11. The van der Waals surface area contributed by atoms with Crippen LogP contribution in [0.15, 0.2) is 23.1 Å². The molecular weight excluding hydrogens is 278 g/mol. The van der Waals surface area contributed by atoms with Crippen LogP contribution in [0.5, 0.6) is 5.75 Å². The Morgan fingerprint density at radius 1 is 1.30 bits per heavy atom. The SMILES string of the molecule is CCC(CC)CNS(=O)(=O)c1ccc(CO)cc1OC. The van der Waals surface area contributed by atoms with Crippen LogP contribution < -0.4 is 9.46 Å². The predicted molar refractivity (Wildman–Crippen MR) is 78.2 cm³/mol. The Kier molecular flexibility index (Phi) is 6.45. The lowest BCUT2D eigenvalue weighted by Crippen LogP contribution is -2.29. The molecule has 0 unspecified atom stereocenters. The predicted octanol–water partition coefficient (Wildman–Crippen LogP) is 1.90. The molecule has 0 radical (unpaired) electrons. The van der Waals surface area contributed by atoms with E-state index in [0.717, 1.165) is 12.8 Å². The Balaban J connectivity index is 2.97. The molecule has 0 aliphatic heterocycles. The summed E-state index contributed by atoms with van der Waals surface area (Å²) in [5.41, 5.74) is 0.612. The van der Waals surface area contributed by atoms with Gasteiger partial charge in [0.05, 0.1) is 13.7 Å². The van der Waals surface area contributed by atoms with E-state index in [-0.39, 0.29) is 17.3 Å². The molecule has 1 aromatic rings. The van der Waals surface area contributed by atoms with E-state index >= 15 is 0 Å². The van der Waals surface area contributed by atoms with Crippen LogP contribution >= 0.6 is 0 Å². The van der Waals surface area contributed by atoms with Gasteiger partial charge in [-0.15, -0.1) is 0 Å². The number of sulfonamides is 1. The fraction of sp³-hybridized carbons (Fsp3) is 0.571. The van der Waals surface area contributed by atoms with E-state index < -0.39 is 10.0 Å². The van der Waals surface area contributed by atoms with Crippen molar-refractivity contribution in [3.8, 4) is 5.75 Å². The van der Waals surface area contributed by atoms with Crippen molar-refractivity contribution in [2.75, 3.05) is 13.7 Å². The summed E-state index contributed by atoms with van der Waals surface area (Å²) in [5, 5.41) is 9.07. The molecule has 20 heavy (non-hydrogen) atoms. The number of methoxy groups -OCH3 is 1. The second-order valence-electron chi connectivity index (χ2n) is 4.68. The van der Waals surface area contributed by atoms with E-state index in [2.05, 4.69) is 4.72 Å². The summed E-state index contributed by atoms with van der Waals surface area (Å²) in [6, 6.07) is 4.57. The van der Waals surface area contributed by atoms with Crippen molar-refractivity contribution in [2.24, 2.45) is 5.92 Å². The Bertz CT molecular complexity index is 524. The van der Waals surface area contributed by atoms with Crippen molar-refractivity contribution in [1.29, 1.82) is 0 Å². The van der Waals surface area contributed by atoms with Crippen LogP contribution in [-0.2, 0) is 16.6 Å². The number of aliphatic hydroxyl groups excluding tert-OH is 1. The zero-order valence-corrected chi connectivity index (χ0v) is 13.0. The number of aliphatic hydroxyl groups is 1. The molecule has 0 aliphatic rings. The number of hydrogen-bond donors (Lipinski definition) is 2. The van der Waals surface area contributed by atoms with Crippen molar-refractivity contribution < 1.29 is 18.3 Å². The third kappa shape index (κ3) is 4.19. The van der Waals surface area contributed by atoms with Crippen molar-refractivity contribution in [3.63, 3.8) is 0 Å². The zero-order valence-electron chi connectivity index (χ0n) is 12.2. The lowest BCUT2D eigenvalue weighted by Gasteiger charge is -2.15. The fourth-order valence-electron chi connectivity index (χ4n) is 1.92. The largest absolute Gasteiger partial charge is 0.495 e. The normalized spacial score (nSPS) is 11.8. The number of nitrogens with one attached hydrogen (secondary N) is 1. The van der Waals surface area contributed by atoms with Gasteiger partial charge in [0.1, 0.15) is 10.6 Å². The number of benzene rings is 1. The van der Waals surface area contributed by atoms with Gasteiger partial charge in [-0.3, -0.25) is 0 Å². The number of ether oxygens (including phenoxy) is 1. The van der Waals surface area contributed by atoms with E-state index in [1.54, 1.807) is 6.07 Å². The van der Waals surface area contributed by atoms with E-state index in [9.17, 15) is 8.42 Å². The average molecular weight is 301 g/mol. The minimum atomic E-state index is -3.60. The summed E-state index contributed by atoms with van der Waals surface area (Å²) >= 11 is 0. The number of rotatable bonds is 8. The molecule has 0 aliphatic carbocycles. The smallest absolute Gasteiger partial charge is 0.244 e. The summed E-state index contributed by atoms with van der Waals surface area (Å²) in [6.07, 6.45) is 1.86. The Labute approximate surface area is 121 Å². The number of hydrogen-bond acceptors (Lipinski definition) is 4. The van der Waals surface area contributed by atoms with Crippen molar-refractivity contribution in [1.82, 2.24) is 4.72 Å². The summed E-state index contributed by atoms with van der Waals surface area (Å²) in [4.78, 5) is 0.100. The lowest BCUT2D eigenvalue weighted by molar-refractivity contribution is 0.280. The first-order chi connectivity index (χ1) is 9.48. The monoisotopic (exact) mass is 301 g/mol. The molecule has 0 saturated heterocycles. The van der Waals surface area contributed by atoms with E-state index in [1.807, 2.05) is 13.8 Å². The van der Waals surface area contributed by atoms with Gasteiger partial charge in [0.2, 0.25) is 10.0 Å². The summed E-state index contributed by atoms with van der Waals surface area (Å²) in [7, 11) is -2.19. The van der Waals surface area contributed by atoms with Gasteiger partial charge in [0.15, 0.2) is 0 Å². The van der Waals surface area contributed by atoms with Crippen LogP contribution in [0.3, 0.4) is 0 Å². The lowest BCUT2D eigenvalue weighted by atomic mass is 10.0. The van der Waals surface area contributed by atoms with Gasteiger partial charge in [-0.25, -0.2) is 13.1 Å². The third-order valence-electron chi connectivity index (χ3n) is 3.42. The van der Waals surface area contributed by atoms with Crippen molar-refractivity contribution >= 4 is 10.0 Å². The second kappa shape index (κ2) is 7.61. The van der Waals surface area contributed by atoms with Crippen LogP contribution in [0, 0.1) is 5.92 Å². The highest BCUT2D eigenvalue weighted by Crippen LogP contribution is 2.25. The van der Waals surface area contributed by atoms with Gasteiger partial charge in [-0.2, -0.15) is 0 Å². The van der Waals surface area contributed by atoms with Gasteiger partial charge >= 0.3 is 0 Å². The second-order valence-corrected chi connectivity index (χ2v) is 6.41. The van der Waals surface area contributed by atoms with E-state index in [4.69, 9.17) is 9.84 Å². The highest BCUT2D eigenvalue weighted by atomic mass is 32.2. The molecule has 0 fully saturated rings. The van der Waals surface area contributed by atoms with Crippen molar-refractivity contribution in [2.45, 2.75) is 38.2 Å². The molecule has 0 spiro atoms. The topological polar surface area (TPSA) is 75.6 Å². The molecule has 0 atom stereocenters. The quantitative estimate of drug-likeness (QED) is 0.769. The van der Waals surface area contributed by atoms with Gasteiger partial charge in [0.25, 0.3) is 0 Å².